The molecule has 0 spiro atoms. The highest BCUT2D eigenvalue weighted by molar-refractivity contribution is 6.09. The van der Waals surface area contributed by atoms with Crippen LogP contribution < -0.4 is 11.1 Å². The van der Waals surface area contributed by atoms with Gasteiger partial charge >= 0.3 is 0 Å². The van der Waals surface area contributed by atoms with Gasteiger partial charge in [-0.1, -0.05) is 17.3 Å². The average Bonchev–Trinajstić information content (AvgIpc) is 3.49. The van der Waals surface area contributed by atoms with Gasteiger partial charge in [0.15, 0.2) is 0 Å². The normalized spacial score (nSPS) is 15.9. The molecule has 4 aromatic rings. The van der Waals surface area contributed by atoms with Crippen LogP contribution in [0.25, 0.3) is 22.6 Å². The number of allylic oxidation sites excluding steroid dienone is 1. The number of anilines is 1. The summed E-state index contributed by atoms with van der Waals surface area (Å²) < 4.78 is 33.3. The molecule has 0 aliphatic heterocycles. The number of nitrogens with one attached hydrogen (secondary N) is 1. The lowest BCUT2D eigenvalue weighted by molar-refractivity contribution is -0.0925. The predicted octanol–water partition coefficient (Wildman–Crippen LogP) is 4.46. The Kier molecular flexibility index (Phi) is 5.83. The van der Waals surface area contributed by atoms with E-state index in [-0.39, 0.29) is 30.5 Å². The molecule has 9 nitrogen and oxygen atoms in total. The maximum atomic E-state index is 13.2. The van der Waals surface area contributed by atoms with Crippen molar-refractivity contribution in [2.45, 2.75) is 31.6 Å². The van der Waals surface area contributed by atoms with Crippen LogP contribution in [0.1, 0.15) is 46.3 Å². The molecule has 36 heavy (non-hydrogen) atoms. The lowest BCUT2D eigenvalue weighted by atomic mass is 9.81. The monoisotopic (exact) mass is 491 g/mol. The fraction of sp³-hybridized carbons (Fsp3) is 0.240. The molecule has 1 aliphatic carbocycles. The summed E-state index contributed by atoms with van der Waals surface area (Å²) in [4.78, 5) is 25.8. The van der Waals surface area contributed by atoms with Gasteiger partial charge in [0.05, 0.1) is 6.20 Å². The number of imidazole rings is 1. The van der Waals surface area contributed by atoms with Crippen molar-refractivity contribution in [2.75, 3.05) is 12.4 Å². The topological polar surface area (TPSA) is 124 Å². The molecule has 0 saturated heterocycles. The maximum Gasteiger partial charge on any atom is 0.274 e. The van der Waals surface area contributed by atoms with Gasteiger partial charge in [0, 0.05) is 66.8 Å². The Hall–Kier alpha value is -4.41. The van der Waals surface area contributed by atoms with E-state index in [9.17, 15) is 13.6 Å². The number of aliphatic imine (C=N–C) groups is 1. The molecule has 0 unspecified atom stereocenters. The van der Waals surface area contributed by atoms with Gasteiger partial charge in [-0.2, -0.15) is 4.98 Å². The van der Waals surface area contributed by atoms with E-state index in [4.69, 9.17) is 10.3 Å². The predicted molar refractivity (Wildman–Crippen MR) is 131 cm³/mol. The van der Waals surface area contributed by atoms with Crippen LogP contribution in [0.2, 0.25) is 0 Å². The quantitative estimate of drug-likeness (QED) is 0.384. The number of rotatable bonds is 6. The van der Waals surface area contributed by atoms with Crippen molar-refractivity contribution >= 4 is 29.0 Å². The summed E-state index contributed by atoms with van der Waals surface area (Å²) in [5, 5.41) is 6.86. The fourth-order valence-electron chi connectivity index (χ4n) is 4.11. The highest BCUT2D eigenvalue weighted by atomic mass is 19.3. The van der Waals surface area contributed by atoms with Crippen molar-refractivity contribution < 1.29 is 18.1 Å². The molecule has 11 heteroatoms. The third-order valence-corrected chi connectivity index (χ3v) is 6.14. The number of alkyl halides is 2. The number of aryl methyl sites for hydroxylation is 1. The first-order valence-corrected chi connectivity index (χ1v) is 11.2. The number of hydrogen-bond acceptors (Lipinski definition) is 7. The van der Waals surface area contributed by atoms with Crippen LogP contribution >= 0.6 is 0 Å². The highest BCUT2D eigenvalue weighted by Gasteiger charge is 2.48. The lowest BCUT2D eigenvalue weighted by Crippen LogP contribution is -2.33. The van der Waals surface area contributed by atoms with E-state index in [1.807, 2.05) is 19.1 Å². The molecule has 3 N–H and O–H groups in total. The fourth-order valence-corrected chi connectivity index (χ4v) is 4.11. The minimum atomic E-state index is -2.68. The first-order chi connectivity index (χ1) is 17.3. The Balaban J connectivity index is 1.40. The summed E-state index contributed by atoms with van der Waals surface area (Å²) in [6, 6.07) is 8.95. The molecule has 5 rings (SSSR count). The molecule has 1 fully saturated rings. The van der Waals surface area contributed by atoms with Crippen LogP contribution in [0.15, 0.2) is 58.4 Å². The van der Waals surface area contributed by atoms with Gasteiger partial charge in [-0.25, -0.2) is 13.8 Å². The number of hydrogen-bond donors (Lipinski definition) is 2. The van der Waals surface area contributed by atoms with Crippen LogP contribution in [0.4, 0.5) is 14.5 Å². The van der Waals surface area contributed by atoms with Crippen LogP contribution in [0.5, 0.6) is 0 Å². The second-order valence-electron chi connectivity index (χ2n) is 8.70. The minimum Gasteiger partial charge on any atom is -0.404 e. The Morgan fingerprint density at radius 3 is 2.83 bits per heavy atom. The smallest absolute Gasteiger partial charge is 0.274 e. The second kappa shape index (κ2) is 8.99. The summed E-state index contributed by atoms with van der Waals surface area (Å²) in [6.07, 6.45) is 5.75. The van der Waals surface area contributed by atoms with Crippen LogP contribution in [0.3, 0.4) is 0 Å². The third-order valence-electron chi connectivity index (χ3n) is 6.14. The summed E-state index contributed by atoms with van der Waals surface area (Å²) in [5.41, 5.74) is 10.1. The zero-order valence-electron chi connectivity index (χ0n) is 19.6. The molecule has 1 aliphatic rings. The number of aromatic nitrogens is 4. The van der Waals surface area contributed by atoms with Crippen molar-refractivity contribution in [3.63, 3.8) is 0 Å². The molecule has 0 radical (unpaired) electrons. The molecule has 0 bridgehead atoms. The van der Waals surface area contributed by atoms with E-state index in [1.165, 1.54) is 12.4 Å². The molecule has 0 atom stereocenters. The molecule has 3 aromatic heterocycles. The Morgan fingerprint density at radius 2 is 2.11 bits per heavy atom. The van der Waals surface area contributed by atoms with E-state index in [1.54, 1.807) is 42.1 Å². The zero-order valence-corrected chi connectivity index (χ0v) is 19.6. The van der Waals surface area contributed by atoms with Gasteiger partial charge in [0.2, 0.25) is 17.6 Å². The Bertz CT molecular complexity index is 1510. The van der Waals surface area contributed by atoms with Gasteiger partial charge in [0.1, 0.15) is 11.3 Å². The maximum absolute atomic E-state index is 13.2. The highest BCUT2D eigenvalue weighted by Crippen LogP contribution is 2.48. The minimum absolute atomic E-state index is 0.197. The zero-order chi connectivity index (χ0) is 25.4. The van der Waals surface area contributed by atoms with Crippen LogP contribution in [-0.4, -0.2) is 44.6 Å². The molecular formula is C25H23F2N7O2. The first kappa shape index (κ1) is 23.3. The van der Waals surface area contributed by atoms with Crippen molar-refractivity contribution in [1.82, 2.24) is 19.5 Å². The molecule has 1 amide bonds. The standard InChI is InChI=1S/C25H23F2N7O2/c1-14-3-4-15(22-32-24(36-33-22)17-8-25(26,27)9-17)7-19(14)31-23(35)20-12-30-21-6-5-16(13-34(20)21)18(10-28)11-29-2/h3-7,10-13,17H,8-9,28H2,1-2H3,(H,31,35). The average molecular weight is 492 g/mol. The SMILES string of the molecule is CN=CC(=CN)c1ccc2ncc(C(=O)Nc3cc(-c4noc(C5CC(F)(F)C5)n4)ccc3C)n2c1. The summed E-state index contributed by atoms with van der Waals surface area (Å²) in [6.45, 7) is 1.85. The van der Waals surface area contributed by atoms with Crippen LogP contribution in [-0.2, 0) is 0 Å². The number of halogens is 2. The summed E-state index contributed by atoms with van der Waals surface area (Å²) >= 11 is 0. The third kappa shape index (κ3) is 4.35. The molecular weight excluding hydrogens is 468 g/mol. The van der Waals surface area contributed by atoms with Gasteiger partial charge in [0.25, 0.3) is 5.91 Å². The van der Waals surface area contributed by atoms with E-state index < -0.39 is 11.8 Å². The first-order valence-electron chi connectivity index (χ1n) is 11.2. The number of nitrogens with two attached hydrogens (primary N) is 1. The van der Waals surface area contributed by atoms with Crippen LogP contribution in [0, 0.1) is 6.92 Å². The molecule has 3 heterocycles. The van der Waals surface area contributed by atoms with E-state index >= 15 is 0 Å². The Morgan fingerprint density at radius 1 is 1.31 bits per heavy atom. The van der Waals surface area contributed by atoms with Crippen molar-refractivity contribution in [2.24, 2.45) is 10.7 Å². The number of carbonyl (C=O) groups is 1. The van der Waals surface area contributed by atoms with Crippen molar-refractivity contribution in [3.8, 4) is 11.4 Å². The second-order valence-corrected chi connectivity index (χ2v) is 8.70. The lowest BCUT2D eigenvalue weighted by Gasteiger charge is -2.31. The van der Waals surface area contributed by atoms with Crippen molar-refractivity contribution in [1.29, 1.82) is 0 Å². The molecule has 184 valence electrons. The Labute approximate surface area is 204 Å². The summed E-state index contributed by atoms with van der Waals surface area (Å²) in [5.74, 6) is -3.02. The van der Waals surface area contributed by atoms with E-state index in [0.717, 1.165) is 11.1 Å². The van der Waals surface area contributed by atoms with Gasteiger partial charge in [-0.05, 0) is 30.7 Å². The van der Waals surface area contributed by atoms with Gasteiger partial charge in [-0.15, -0.1) is 0 Å². The number of pyridine rings is 1. The number of nitrogens with zero attached hydrogens (tertiary/aromatic N) is 5. The van der Waals surface area contributed by atoms with Crippen molar-refractivity contribution in [3.05, 3.63) is 71.6 Å². The number of benzene rings is 1. The molecule has 1 saturated carbocycles. The largest absolute Gasteiger partial charge is 0.404 e. The molecule has 1 aromatic carbocycles. The number of carbonyl (C=O) groups excluding carboxylic acids is 1. The van der Waals surface area contributed by atoms with Gasteiger partial charge < -0.3 is 15.6 Å². The van der Waals surface area contributed by atoms with E-state index in [2.05, 4.69) is 25.4 Å². The van der Waals surface area contributed by atoms with Gasteiger partial charge in [-0.3, -0.25) is 14.2 Å². The summed E-state index contributed by atoms with van der Waals surface area (Å²) in [7, 11) is 1.65. The van der Waals surface area contributed by atoms with E-state index in [0.29, 0.717) is 28.2 Å². The number of amides is 1. The number of fused-ring (bicyclic) bond motifs is 1.